The maximum Gasteiger partial charge on any atom is 0.212 e. The number of benzene rings is 1. The minimum atomic E-state index is -0.164. The standard InChI is InChI=1S/C17H21FN2O/c1-4-19-16(14-7-5-12(2)15(18)10-14)9-13-6-8-17(21-3)20-11-13/h5-8,10-11,16,19H,4,9H2,1-3H3. The molecule has 2 rings (SSSR count). The largest absolute Gasteiger partial charge is 0.481 e. The second-order valence-corrected chi connectivity index (χ2v) is 5.03. The van der Waals surface area contributed by atoms with Crippen molar-refractivity contribution in [2.45, 2.75) is 26.3 Å². The number of nitrogens with one attached hydrogen (secondary N) is 1. The molecule has 1 N–H and O–H groups in total. The molecule has 0 fully saturated rings. The van der Waals surface area contributed by atoms with Crippen LogP contribution in [-0.4, -0.2) is 18.6 Å². The number of ether oxygens (including phenoxy) is 1. The van der Waals surface area contributed by atoms with Gasteiger partial charge in [-0.05, 0) is 42.6 Å². The lowest BCUT2D eigenvalue weighted by atomic mass is 9.98. The van der Waals surface area contributed by atoms with Crippen LogP contribution in [0.2, 0.25) is 0 Å². The Kier molecular flexibility index (Phi) is 5.28. The maximum absolute atomic E-state index is 13.8. The quantitative estimate of drug-likeness (QED) is 0.884. The highest BCUT2D eigenvalue weighted by Gasteiger charge is 2.13. The second-order valence-electron chi connectivity index (χ2n) is 5.03. The van der Waals surface area contributed by atoms with Crippen molar-refractivity contribution in [1.82, 2.24) is 10.3 Å². The van der Waals surface area contributed by atoms with E-state index in [0.29, 0.717) is 11.4 Å². The van der Waals surface area contributed by atoms with Crippen molar-refractivity contribution in [2.24, 2.45) is 0 Å². The molecular formula is C17H21FN2O. The minimum Gasteiger partial charge on any atom is -0.481 e. The zero-order valence-electron chi connectivity index (χ0n) is 12.7. The molecule has 0 amide bonds. The molecule has 1 unspecified atom stereocenters. The number of methoxy groups -OCH3 is 1. The van der Waals surface area contributed by atoms with E-state index in [4.69, 9.17) is 4.74 Å². The molecule has 0 saturated carbocycles. The highest BCUT2D eigenvalue weighted by molar-refractivity contribution is 5.28. The maximum atomic E-state index is 13.8. The molecule has 1 aromatic heterocycles. The smallest absolute Gasteiger partial charge is 0.212 e. The van der Waals surface area contributed by atoms with E-state index >= 15 is 0 Å². The van der Waals surface area contributed by atoms with Crippen LogP contribution in [0.1, 0.15) is 29.7 Å². The van der Waals surface area contributed by atoms with Gasteiger partial charge in [-0.15, -0.1) is 0 Å². The van der Waals surface area contributed by atoms with Gasteiger partial charge in [0.1, 0.15) is 5.82 Å². The van der Waals surface area contributed by atoms with Gasteiger partial charge in [-0.1, -0.05) is 25.1 Å². The van der Waals surface area contributed by atoms with Gasteiger partial charge in [-0.25, -0.2) is 9.37 Å². The fourth-order valence-corrected chi connectivity index (χ4v) is 2.27. The Bertz CT molecular complexity index is 584. The molecule has 0 saturated heterocycles. The molecule has 2 aromatic rings. The van der Waals surface area contributed by atoms with Gasteiger partial charge in [0.15, 0.2) is 0 Å². The molecule has 4 heteroatoms. The van der Waals surface area contributed by atoms with E-state index in [1.54, 1.807) is 26.3 Å². The predicted molar refractivity (Wildman–Crippen MR) is 82.0 cm³/mol. The summed E-state index contributed by atoms with van der Waals surface area (Å²) >= 11 is 0. The Hall–Kier alpha value is -1.94. The normalized spacial score (nSPS) is 12.2. The van der Waals surface area contributed by atoms with E-state index < -0.39 is 0 Å². The third-order valence-electron chi connectivity index (χ3n) is 3.50. The summed E-state index contributed by atoms with van der Waals surface area (Å²) in [7, 11) is 1.60. The number of aryl methyl sites for hydroxylation is 1. The number of likely N-dealkylation sites (N-methyl/N-ethyl adjacent to an activating group) is 1. The summed E-state index contributed by atoms with van der Waals surface area (Å²) in [6, 6.07) is 9.30. The summed E-state index contributed by atoms with van der Waals surface area (Å²) in [6.45, 7) is 4.64. The molecule has 21 heavy (non-hydrogen) atoms. The lowest BCUT2D eigenvalue weighted by Crippen LogP contribution is -2.23. The highest BCUT2D eigenvalue weighted by Crippen LogP contribution is 2.21. The van der Waals surface area contributed by atoms with E-state index in [0.717, 1.165) is 24.1 Å². The number of halogens is 1. The highest BCUT2D eigenvalue weighted by atomic mass is 19.1. The molecule has 0 bridgehead atoms. The molecule has 0 spiro atoms. The van der Waals surface area contributed by atoms with E-state index in [2.05, 4.69) is 10.3 Å². The van der Waals surface area contributed by atoms with Gasteiger partial charge in [0.2, 0.25) is 5.88 Å². The lowest BCUT2D eigenvalue weighted by molar-refractivity contribution is 0.397. The molecule has 0 aliphatic heterocycles. The molecule has 0 radical (unpaired) electrons. The zero-order chi connectivity index (χ0) is 15.2. The summed E-state index contributed by atoms with van der Waals surface area (Å²) in [5.74, 6) is 0.434. The van der Waals surface area contributed by atoms with Crippen molar-refractivity contribution < 1.29 is 9.13 Å². The molecule has 0 aliphatic rings. The van der Waals surface area contributed by atoms with E-state index in [1.807, 2.05) is 31.2 Å². The molecule has 3 nitrogen and oxygen atoms in total. The first-order valence-electron chi connectivity index (χ1n) is 7.12. The Morgan fingerprint density at radius 3 is 2.67 bits per heavy atom. The molecule has 112 valence electrons. The Morgan fingerprint density at radius 2 is 2.10 bits per heavy atom. The molecule has 1 heterocycles. The summed E-state index contributed by atoms with van der Waals surface area (Å²) in [4.78, 5) is 4.21. The monoisotopic (exact) mass is 288 g/mol. The van der Waals surface area contributed by atoms with Crippen LogP contribution in [0.25, 0.3) is 0 Å². The van der Waals surface area contributed by atoms with Gasteiger partial charge in [-0.2, -0.15) is 0 Å². The number of nitrogens with zero attached hydrogens (tertiary/aromatic N) is 1. The van der Waals surface area contributed by atoms with Gasteiger partial charge in [0, 0.05) is 18.3 Å². The number of hydrogen-bond donors (Lipinski definition) is 1. The minimum absolute atomic E-state index is 0.0697. The Labute approximate surface area is 125 Å². The van der Waals surface area contributed by atoms with Crippen LogP contribution in [0.5, 0.6) is 5.88 Å². The predicted octanol–water partition coefficient (Wildman–Crippen LogP) is 3.43. The van der Waals surface area contributed by atoms with Crippen LogP contribution >= 0.6 is 0 Å². The number of pyridine rings is 1. The molecule has 0 aliphatic carbocycles. The van der Waals surface area contributed by atoms with Crippen LogP contribution < -0.4 is 10.1 Å². The van der Waals surface area contributed by atoms with Crippen LogP contribution in [0.4, 0.5) is 4.39 Å². The Morgan fingerprint density at radius 1 is 1.29 bits per heavy atom. The first-order valence-corrected chi connectivity index (χ1v) is 7.12. The van der Waals surface area contributed by atoms with Gasteiger partial charge in [0.25, 0.3) is 0 Å². The molecule has 1 atom stereocenters. The summed E-state index contributed by atoms with van der Waals surface area (Å²) in [5.41, 5.74) is 2.71. The average Bonchev–Trinajstić information content (AvgIpc) is 2.50. The summed E-state index contributed by atoms with van der Waals surface area (Å²) < 4.78 is 18.8. The van der Waals surface area contributed by atoms with Crippen LogP contribution in [0.3, 0.4) is 0 Å². The van der Waals surface area contributed by atoms with E-state index in [-0.39, 0.29) is 11.9 Å². The summed E-state index contributed by atoms with van der Waals surface area (Å²) in [5, 5.41) is 3.40. The van der Waals surface area contributed by atoms with Crippen molar-refractivity contribution in [2.75, 3.05) is 13.7 Å². The number of aromatic nitrogens is 1. The first kappa shape index (κ1) is 15.4. The number of hydrogen-bond acceptors (Lipinski definition) is 3. The van der Waals surface area contributed by atoms with Crippen molar-refractivity contribution >= 4 is 0 Å². The fourth-order valence-electron chi connectivity index (χ4n) is 2.27. The van der Waals surface area contributed by atoms with Crippen molar-refractivity contribution in [3.05, 3.63) is 59.0 Å². The zero-order valence-corrected chi connectivity index (χ0v) is 12.7. The van der Waals surface area contributed by atoms with Crippen LogP contribution in [0.15, 0.2) is 36.5 Å². The average molecular weight is 288 g/mol. The van der Waals surface area contributed by atoms with Gasteiger partial charge >= 0.3 is 0 Å². The second kappa shape index (κ2) is 7.18. The van der Waals surface area contributed by atoms with Crippen LogP contribution in [0, 0.1) is 12.7 Å². The molecule has 1 aromatic carbocycles. The SMILES string of the molecule is CCNC(Cc1ccc(OC)nc1)c1ccc(C)c(F)c1. The van der Waals surface area contributed by atoms with Crippen LogP contribution in [-0.2, 0) is 6.42 Å². The Balaban J connectivity index is 2.19. The van der Waals surface area contributed by atoms with Gasteiger partial charge < -0.3 is 10.1 Å². The van der Waals surface area contributed by atoms with Gasteiger partial charge in [0.05, 0.1) is 7.11 Å². The third-order valence-corrected chi connectivity index (χ3v) is 3.50. The third kappa shape index (κ3) is 4.02. The van der Waals surface area contributed by atoms with E-state index in [9.17, 15) is 4.39 Å². The van der Waals surface area contributed by atoms with Crippen molar-refractivity contribution in [1.29, 1.82) is 0 Å². The number of rotatable bonds is 6. The van der Waals surface area contributed by atoms with Crippen molar-refractivity contribution in [3.63, 3.8) is 0 Å². The topological polar surface area (TPSA) is 34.1 Å². The van der Waals surface area contributed by atoms with E-state index in [1.165, 1.54) is 0 Å². The van der Waals surface area contributed by atoms with Gasteiger partial charge in [-0.3, -0.25) is 0 Å². The fraction of sp³-hybridized carbons (Fsp3) is 0.353. The first-order chi connectivity index (χ1) is 10.1. The lowest BCUT2D eigenvalue weighted by Gasteiger charge is -2.19. The summed E-state index contributed by atoms with van der Waals surface area (Å²) in [6.07, 6.45) is 2.56. The van der Waals surface area contributed by atoms with Crippen molar-refractivity contribution in [3.8, 4) is 5.88 Å². The molecular weight excluding hydrogens is 267 g/mol.